The van der Waals surface area contributed by atoms with Crippen molar-refractivity contribution in [2.45, 2.75) is 36.3 Å². The molecular formula is C21H21ClN4OS2. The molecule has 0 bridgehead atoms. The van der Waals surface area contributed by atoms with E-state index in [-0.39, 0.29) is 5.91 Å². The van der Waals surface area contributed by atoms with E-state index in [1.54, 1.807) is 11.8 Å². The highest BCUT2D eigenvalue weighted by Crippen LogP contribution is 2.40. The fourth-order valence-corrected chi connectivity index (χ4v) is 6.13. The van der Waals surface area contributed by atoms with Crippen molar-refractivity contribution in [1.29, 1.82) is 0 Å². The molecule has 5 nitrogen and oxygen atoms in total. The smallest absolute Gasteiger partial charge is 0.239 e. The van der Waals surface area contributed by atoms with Crippen LogP contribution in [0.3, 0.4) is 0 Å². The molecule has 0 radical (unpaired) electrons. The third-order valence-electron chi connectivity index (χ3n) is 5.36. The number of thiophene rings is 1. The third-order valence-corrected chi connectivity index (χ3v) is 7.81. The lowest BCUT2D eigenvalue weighted by molar-refractivity contribution is -0.120. The van der Waals surface area contributed by atoms with Gasteiger partial charge in [0.15, 0.2) is 0 Å². The Hall–Kier alpha value is -1.83. The van der Waals surface area contributed by atoms with Crippen molar-refractivity contribution in [3.63, 3.8) is 0 Å². The maximum Gasteiger partial charge on any atom is 0.239 e. The summed E-state index contributed by atoms with van der Waals surface area (Å²) < 4.78 is 0. The molecule has 1 saturated heterocycles. The number of anilines is 1. The average Bonchev–Trinajstić information content (AvgIpc) is 3.11. The summed E-state index contributed by atoms with van der Waals surface area (Å²) in [5, 5.41) is 4.83. The van der Waals surface area contributed by atoms with Crippen LogP contribution in [0.5, 0.6) is 0 Å². The Morgan fingerprint density at radius 1 is 1.17 bits per heavy atom. The van der Waals surface area contributed by atoms with Crippen LogP contribution in [0.2, 0.25) is 5.02 Å². The maximum absolute atomic E-state index is 12.0. The second-order valence-electron chi connectivity index (χ2n) is 7.37. The molecule has 1 aliphatic carbocycles. The van der Waals surface area contributed by atoms with Crippen LogP contribution in [0, 0.1) is 0 Å². The lowest BCUT2D eigenvalue weighted by Gasteiger charge is -2.28. The topological polar surface area (TPSA) is 58.1 Å². The van der Waals surface area contributed by atoms with Crippen molar-refractivity contribution >= 4 is 56.6 Å². The fraction of sp³-hybridized carbons (Fsp3) is 0.381. The predicted molar refractivity (Wildman–Crippen MR) is 120 cm³/mol. The molecule has 1 fully saturated rings. The van der Waals surface area contributed by atoms with Gasteiger partial charge in [-0.25, -0.2) is 9.97 Å². The number of amides is 1. The van der Waals surface area contributed by atoms with Gasteiger partial charge in [0.2, 0.25) is 5.91 Å². The molecule has 2 aromatic heterocycles. The van der Waals surface area contributed by atoms with Crippen LogP contribution in [0.1, 0.15) is 29.1 Å². The number of carbonyl (C=O) groups is 1. The van der Waals surface area contributed by atoms with Crippen LogP contribution in [0.15, 0.2) is 29.2 Å². The van der Waals surface area contributed by atoms with E-state index < -0.39 is 0 Å². The quantitative estimate of drug-likeness (QED) is 0.602. The molecule has 2 aliphatic rings. The minimum atomic E-state index is 0.0594. The van der Waals surface area contributed by atoms with Crippen molar-refractivity contribution in [2.75, 3.05) is 24.5 Å². The number of thioether (sulfide) groups is 1. The van der Waals surface area contributed by atoms with E-state index in [0.29, 0.717) is 18.8 Å². The standard InChI is InChI=1S/C21H21ClN4OS2/c22-13-5-7-14(8-6-13)28-12-17-24-20(26-10-9-23-18(27)11-26)19-15-3-1-2-4-16(15)29-21(19)25-17/h5-8H,1-4,9-12H2,(H,23,27). The minimum Gasteiger partial charge on any atom is -0.353 e. The summed E-state index contributed by atoms with van der Waals surface area (Å²) in [6.45, 7) is 1.80. The van der Waals surface area contributed by atoms with Crippen LogP contribution >= 0.6 is 34.7 Å². The molecule has 1 amide bonds. The largest absolute Gasteiger partial charge is 0.353 e. The fourth-order valence-electron chi connectivity index (χ4n) is 3.97. The summed E-state index contributed by atoms with van der Waals surface area (Å²) >= 11 is 9.51. The van der Waals surface area contributed by atoms with E-state index in [1.165, 1.54) is 28.7 Å². The zero-order chi connectivity index (χ0) is 19.8. The van der Waals surface area contributed by atoms with Gasteiger partial charge in [-0.3, -0.25) is 4.79 Å². The zero-order valence-electron chi connectivity index (χ0n) is 15.9. The number of benzene rings is 1. The van der Waals surface area contributed by atoms with Gasteiger partial charge < -0.3 is 10.2 Å². The van der Waals surface area contributed by atoms with E-state index in [2.05, 4.69) is 10.2 Å². The number of hydrogen-bond donors (Lipinski definition) is 1. The van der Waals surface area contributed by atoms with Crippen molar-refractivity contribution in [3.05, 3.63) is 45.6 Å². The number of fused-ring (bicyclic) bond motifs is 3. The summed E-state index contributed by atoms with van der Waals surface area (Å²) in [6.07, 6.45) is 4.68. The number of hydrogen-bond acceptors (Lipinski definition) is 6. The van der Waals surface area contributed by atoms with E-state index in [4.69, 9.17) is 21.6 Å². The average molecular weight is 445 g/mol. The Kier molecular flexibility index (Phi) is 5.37. The second kappa shape index (κ2) is 8.13. The first-order valence-electron chi connectivity index (χ1n) is 9.88. The second-order valence-corrected chi connectivity index (χ2v) is 9.94. The molecule has 3 heterocycles. The molecule has 0 atom stereocenters. The summed E-state index contributed by atoms with van der Waals surface area (Å²) in [6, 6.07) is 7.84. The molecule has 0 unspecified atom stereocenters. The first kappa shape index (κ1) is 19.2. The van der Waals surface area contributed by atoms with Crippen molar-refractivity contribution in [1.82, 2.24) is 15.3 Å². The van der Waals surface area contributed by atoms with Gasteiger partial charge in [0, 0.05) is 27.9 Å². The molecule has 3 aromatic rings. The molecular weight excluding hydrogens is 424 g/mol. The Labute approximate surface area is 182 Å². The molecule has 29 heavy (non-hydrogen) atoms. The van der Waals surface area contributed by atoms with Gasteiger partial charge >= 0.3 is 0 Å². The van der Waals surface area contributed by atoms with Gasteiger partial charge in [-0.05, 0) is 55.5 Å². The maximum atomic E-state index is 12.0. The first-order valence-corrected chi connectivity index (χ1v) is 12.1. The highest BCUT2D eigenvalue weighted by Gasteiger charge is 2.26. The van der Waals surface area contributed by atoms with Crippen molar-refractivity contribution in [2.24, 2.45) is 0 Å². The Morgan fingerprint density at radius 2 is 2.00 bits per heavy atom. The van der Waals surface area contributed by atoms with Crippen LogP contribution < -0.4 is 10.2 Å². The van der Waals surface area contributed by atoms with Gasteiger partial charge in [0.25, 0.3) is 0 Å². The molecule has 1 aromatic carbocycles. The lowest BCUT2D eigenvalue weighted by Crippen LogP contribution is -2.48. The van der Waals surface area contributed by atoms with E-state index >= 15 is 0 Å². The molecule has 0 saturated carbocycles. The molecule has 150 valence electrons. The summed E-state index contributed by atoms with van der Waals surface area (Å²) in [7, 11) is 0. The number of piperazine rings is 1. The Balaban J connectivity index is 1.53. The number of halogens is 1. The first-order chi connectivity index (χ1) is 14.2. The number of carbonyl (C=O) groups excluding carboxylic acids is 1. The van der Waals surface area contributed by atoms with Crippen LogP contribution in [-0.2, 0) is 23.4 Å². The summed E-state index contributed by atoms with van der Waals surface area (Å²) in [5.74, 6) is 2.50. The van der Waals surface area contributed by atoms with Crippen LogP contribution in [0.25, 0.3) is 10.2 Å². The number of nitrogens with zero attached hydrogens (tertiary/aromatic N) is 3. The van der Waals surface area contributed by atoms with Crippen LogP contribution in [-0.4, -0.2) is 35.5 Å². The molecule has 5 rings (SSSR count). The van der Waals surface area contributed by atoms with Crippen molar-refractivity contribution < 1.29 is 4.79 Å². The predicted octanol–water partition coefficient (Wildman–Crippen LogP) is 4.45. The van der Waals surface area contributed by atoms with Gasteiger partial charge in [-0.15, -0.1) is 23.1 Å². The number of aromatic nitrogens is 2. The number of rotatable bonds is 4. The van der Waals surface area contributed by atoms with Gasteiger partial charge in [0.05, 0.1) is 17.7 Å². The number of nitrogens with one attached hydrogen (secondary N) is 1. The van der Waals surface area contributed by atoms with Gasteiger partial charge in [-0.2, -0.15) is 0 Å². The Morgan fingerprint density at radius 3 is 2.83 bits per heavy atom. The minimum absolute atomic E-state index is 0.0594. The van der Waals surface area contributed by atoms with E-state index in [1.807, 2.05) is 35.6 Å². The zero-order valence-corrected chi connectivity index (χ0v) is 18.3. The van der Waals surface area contributed by atoms with Crippen molar-refractivity contribution in [3.8, 4) is 0 Å². The lowest BCUT2D eigenvalue weighted by atomic mass is 9.97. The van der Waals surface area contributed by atoms with Gasteiger partial charge in [-0.1, -0.05) is 11.6 Å². The number of aryl methyl sites for hydroxylation is 2. The van der Waals surface area contributed by atoms with Crippen LogP contribution in [0.4, 0.5) is 5.82 Å². The molecule has 0 spiro atoms. The summed E-state index contributed by atoms with van der Waals surface area (Å²) in [5.41, 5.74) is 1.41. The highest BCUT2D eigenvalue weighted by atomic mass is 35.5. The highest BCUT2D eigenvalue weighted by molar-refractivity contribution is 7.98. The molecule has 1 aliphatic heterocycles. The monoisotopic (exact) mass is 444 g/mol. The third kappa shape index (κ3) is 3.96. The van der Waals surface area contributed by atoms with E-state index in [9.17, 15) is 4.79 Å². The SMILES string of the molecule is O=C1CN(c2nc(CSc3ccc(Cl)cc3)nc3sc4c(c23)CCCC4)CCN1. The Bertz CT molecular complexity index is 1070. The summed E-state index contributed by atoms with van der Waals surface area (Å²) in [4.78, 5) is 27.7. The molecule has 8 heteroatoms. The van der Waals surface area contributed by atoms with E-state index in [0.717, 1.165) is 45.8 Å². The normalized spacial score (nSPS) is 16.7. The molecule has 1 N–H and O–H groups in total. The van der Waals surface area contributed by atoms with Gasteiger partial charge in [0.1, 0.15) is 16.5 Å².